The van der Waals surface area contributed by atoms with Crippen LogP contribution in [0.5, 0.6) is 0 Å². The van der Waals surface area contributed by atoms with Crippen molar-refractivity contribution in [3.05, 3.63) is 23.8 Å². The quantitative estimate of drug-likeness (QED) is 0.513. The highest BCUT2D eigenvalue weighted by Crippen LogP contribution is 2.20. The summed E-state index contributed by atoms with van der Waals surface area (Å²) in [5.41, 5.74) is 12.3. The number of primary amides is 1. The van der Waals surface area contributed by atoms with Gasteiger partial charge in [-0.15, -0.1) is 0 Å². The summed E-state index contributed by atoms with van der Waals surface area (Å²) in [7, 11) is 1.55. The number of hydrogen-bond donors (Lipinski definition) is 4. The van der Waals surface area contributed by atoms with Gasteiger partial charge in [-0.25, -0.2) is 0 Å². The van der Waals surface area contributed by atoms with E-state index in [1.807, 2.05) is 0 Å². The molecule has 0 saturated carbocycles. The fourth-order valence-corrected chi connectivity index (χ4v) is 1.41. The van der Waals surface area contributed by atoms with Gasteiger partial charge in [0.2, 0.25) is 5.91 Å². The first-order valence-corrected chi connectivity index (χ1v) is 5.14. The van der Waals surface area contributed by atoms with Crippen molar-refractivity contribution < 1.29 is 14.6 Å². The van der Waals surface area contributed by atoms with Crippen molar-refractivity contribution in [3.8, 4) is 0 Å². The second-order valence-electron chi connectivity index (χ2n) is 3.65. The van der Waals surface area contributed by atoms with E-state index in [-0.39, 0.29) is 12.6 Å². The third-order valence-electron chi connectivity index (χ3n) is 2.28. The number of benzene rings is 1. The average Bonchev–Trinajstić information content (AvgIpc) is 2.30. The summed E-state index contributed by atoms with van der Waals surface area (Å²) in [4.78, 5) is 10.9. The number of nitrogens with two attached hydrogens (primary N) is 2. The molecule has 6 N–H and O–H groups in total. The lowest BCUT2D eigenvalue weighted by Gasteiger charge is -2.18. The van der Waals surface area contributed by atoms with E-state index in [2.05, 4.69) is 5.32 Å². The molecular weight excluding hydrogens is 222 g/mol. The molecule has 1 rings (SSSR count). The molecule has 0 spiro atoms. The Hall–Kier alpha value is -1.79. The number of methoxy groups -OCH3 is 1. The fourth-order valence-electron chi connectivity index (χ4n) is 1.41. The highest BCUT2D eigenvalue weighted by Gasteiger charge is 2.10. The lowest BCUT2D eigenvalue weighted by molar-refractivity contribution is 0.100. The van der Waals surface area contributed by atoms with Crippen LogP contribution >= 0.6 is 0 Å². The Morgan fingerprint density at radius 3 is 2.76 bits per heavy atom. The summed E-state index contributed by atoms with van der Waals surface area (Å²) in [6, 6.07) is 4.46. The van der Waals surface area contributed by atoms with Crippen molar-refractivity contribution in [2.45, 2.75) is 6.04 Å². The zero-order valence-corrected chi connectivity index (χ0v) is 9.64. The van der Waals surface area contributed by atoms with Gasteiger partial charge >= 0.3 is 0 Å². The maximum atomic E-state index is 10.9. The van der Waals surface area contributed by atoms with Gasteiger partial charge in [0.15, 0.2) is 0 Å². The molecule has 0 aromatic heterocycles. The van der Waals surface area contributed by atoms with Crippen LogP contribution in [0.4, 0.5) is 11.4 Å². The van der Waals surface area contributed by atoms with Crippen LogP contribution in [0.3, 0.4) is 0 Å². The van der Waals surface area contributed by atoms with Crippen LogP contribution in [0.15, 0.2) is 18.2 Å². The monoisotopic (exact) mass is 239 g/mol. The molecule has 6 nitrogen and oxygen atoms in total. The van der Waals surface area contributed by atoms with E-state index in [1.165, 1.54) is 6.07 Å². The number of rotatable bonds is 6. The molecule has 17 heavy (non-hydrogen) atoms. The van der Waals surface area contributed by atoms with E-state index in [9.17, 15) is 4.79 Å². The first-order chi connectivity index (χ1) is 8.08. The topological polar surface area (TPSA) is 111 Å². The van der Waals surface area contributed by atoms with Crippen LogP contribution in [0.2, 0.25) is 0 Å². The third-order valence-corrected chi connectivity index (χ3v) is 2.28. The molecule has 1 aromatic carbocycles. The Bertz CT molecular complexity index is 396. The van der Waals surface area contributed by atoms with E-state index >= 15 is 0 Å². The molecule has 1 amide bonds. The highest BCUT2D eigenvalue weighted by atomic mass is 16.5. The van der Waals surface area contributed by atoms with E-state index < -0.39 is 5.91 Å². The van der Waals surface area contributed by atoms with Gasteiger partial charge < -0.3 is 26.6 Å². The summed E-state index contributed by atoms with van der Waals surface area (Å²) >= 11 is 0. The molecular formula is C11H17N3O3. The second-order valence-corrected chi connectivity index (χ2v) is 3.65. The molecule has 0 aliphatic heterocycles. The zero-order chi connectivity index (χ0) is 12.8. The molecule has 0 radical (unpaired) electrons. The number of carbonyl (C=O) groups excluding carboxylic acids is 1. The van der Waals surface area contributed by atoms with E-state index in [0.29, 0.717) is 23.5 Å². The Morgan fingerprint density at radius 2 is 2.29 bits per heavy atom. The fraction of sp³-hybridized carbons (Fsp3) is 0.364. The lowest BCUT2D eigenvalue weighted by Crippen LogP contribution is -2.29. The Kier molecular flexibility index (Phi) is 4.74. The summed E-state index contributed by atoms with van der Waals surface area (Å²) in [5.74, 6) is -0.529. The van der Waals surface area contributed by atoms with Crippen molar-refractivity contribution in [2.75, 3.05) is 31.4 Å². The number of carbonyl (C=O) groups is 1. The molecule has 1 aromatic rings. The number of aliphatic hydroxyl groups is 1. The summed E-state index contributed by atoms with van der Waals surface area (Å²) in [5, 5.41) is 12.1. The Balaban J connectivity index is 2.81. The Labute approximate surface area is 99.6 Å². The maximum Gasteiger partial charge on any atom is 0.248 e. The summed E-state index contributed by atoms with van der Waals surface area (Å²) < 4.78 is 4.93. The van der Waals surface area contributed by atoms with E-state index in [4.69, 9.17) is 21.3 Å². The largest absolute Gasteiger partial charge is 0.397 e. The van der Waals surface area contributed by atoms with Gasteiger partial charge in [0.1, 0.15) is 0 Å². The van der Waals surface area contributed by atoms with Gasteiger partial charge in [0.25, 0.3) is 0 Å². The van der Waals surface area contributed by atoms with Crippen LogP contribution in [-0.4, -0.2) is 37.4 Å². The highest BCUT2D eigenvalue weighted by molar-refractivity contribution is 5.94. The van der Waals surface area contributed by atoms with Gasteiger partial charge in [-0.05, 0) is 18.2 Å². The minimum Gasteiger partial charge on any atom is -0.397 e. The molecule has 1 atom stereocenters. The van der Waals surface area contributed by atoms with Gasteiger partial charge in [0, 0.05) is 12.7 Å². The summed E-state index contributed by atoms with van der Waals surface area (Å²) in [6.45, 7) is 0.276. The molecule has 0 bridgehead atoms. The molecule has 0 aliphatic rings. The van der Waals surface area contributed by atoms with Crippen molar-refractivity contribution >= 4 is 17.3 Å². The second kappa shape index (κ2) is 6.07. The molecule has 94 valence electrons. The van der Waals surface area contributed by atoms with Crippen LogP contribution in [0, 0.1) is 0 Å². The number of amides is 1. The molecule has 0 saturated heterocycles. The molecule has 0 aliphatic carbocycles. The number of nitrogens with one attached hydrogen (secondary N) is 1. The summed E-state index contributed by atoms with van der Waals surface area (Å²) in [6.07, 6.45) is 0. The molecule has 0 fully saturated rings. The smallest absolute Gasteiger partial charge is 0.248 e. The van der Waals surface area contributed by atoms with E-state index in [0.717, 1.165) is 0 Å². The molecule has 0 heterocycles. The van der Waals surface area contributed by atoms with E-state index in [1.54, 1.807) is 19.2 Å². The first-order valence-electron chi connectivity index (χ1n) is 5.14. The standard InChI is InChI=1S/C11H17N3O3/c1-17-6-8(5-15)14-10-3-2-7(11(13)16)4-9(10)12/h2-4,8,14-15H,5-6,12H2,1H3,(H2,13,16). The van der Waals surface area contributed by atoms with Gasteiger partial charge in [0.05, 0.1) is 30.6 Å². The number of ether oxygens (including phenoxy) is 1. The van der Waals surface area contributed by atoms with Crippen molar-refractivity contribution in [3.63, 3.8) is 0 Å². The van der Waals surface area contributed by atoms with Gasteiger partial charge in [-0.1, -0.05) is 0 Å². The minimum absolute atomic E-state index is 0.0785. The normalized spacial score (nSPS) is 12.1. The van der Waals surface area contributed by atoms with Crippen LogP contribution in [0.1, 0.15) is 10.4 Å². The van der Waals surface area contributed by atoms with Crippen molar-refractivity contribution in [1.82, 2.24) is 0 Å². The number of aliphatic hydroxyl groups excluding tert-OH is 1. The maximum absolute atomic E-state index is 10.9. The van der Waals surface area contributed by atoms with Crippen LogP contribution in [0.25, 0.3) is 0 Å². The van der Waals surface area contributed by atoms with Crippen LogP contribution < -0.4 is 16.8 Å². The third kappa shape index (κ3) is 3.61. The Morgan fingerprint density at radius 1 is 1.59 bits per heavy atom. The van der Waals surface area contributed by atoms with Gasteiger partial charge in [-0.3, -0.25) is 4.79 Å². The van der Waals surface area contributed by atoms with Crippen molar-refractivity contribution in [2.24, 2.45) is 5.73 Å². The first kappa shape index (κ1) is 13.3. The van der Waals surface area contributed by atoms with Crippen molar-refractivity contribution in [1.29, 1.82) is 0 Å². The number of nitrogen functional groups attached to an aromatic ring is 1. The zero-order valence-electron chi connectivity index (χ0n) is 9.64. The van der Waals surface area contributed by atoms with Crippen LogP contribution in [-0.2, 0) is 4.74 Å². The predicted molar refractivity (Wildman–Crippen MR) is 65.7 cm³/mol. The minimum atomic E-state index is -0.529. The number of hydrogen-bond acceptors (Lipinski definition) is 5. The molecule has 6 heteroatoms. The molecule has 1 unspecified atom stereocenters. The SMILES string of the molecule is COCC(CO)Nc1ccc(C(N)=O)cc1N. The number of anilines is 2. The average molecular weight is 239 g/mol. The lowest BCUT2D eigenvalue weighted by atomic mass is 10.1. The predicted octanol–water partition coefficient (Wildman–Crippen LogP) is -0.213. The van der Waals surface area contributed by atoms with Gasteiger partial charge in [-0.2, -0.15) is 0 Å².